The van der Waals surface area contributed by atoms with Crippen LogP contribution in [-0.4, -0.2) is 12.8 Å². The van der Waals surface area contributed by atoms with Crippen molar-refractivity contribution in [2.45, 2.75) is 25.0 Å². The third kappa shape index (κ3) is 0.904. The normalized spacial score (nSPS) is 33.7. The Labute approximate surface area is 88.2 Å². The van der Waals surface area contributed by atoms with Crippen molar-refractivity contribution in [3.05, 3.63) is 28.8 Å². The van der Waals surface area contributed by atoms with Gasteiger partial charge >= 0.3 is 0 Å². The van der Waals surface area contributed by atoms with E-state index in [1.807, 2.05) is 12.1 Å². The van der Waals surface area contributed by atoms with Crippen molar-refractivity contribution in [3.63, 3.8) is 0 Å². The smallest absolute Gasteiger partial charge is 0.137 e. The Hall–Kier alpha value is -0.730. The predicted molar refractivity (Wildman–Crippen MR) is 56.8 cm³/mol. The second-order valence-electron chi connectivity index (χ2n) is 4.23. The molecule has 1 fully saturated rings. The van der Waals surface area contributed by atoms with E-state index in [-0.39, 0.29) is 11.6 Å². The van der Waals surface area contributed by atoms with Crippen LogP contribution in [0.4, 0.5) is 5.69 Å². The summed E-state index contributed by atoms with van der Waals surface area (Å²) >= 11 is 6.13. The second kappa shape index (κ2) is 2.65. The minimum Gasteiger partial charge on any atom is -0.358 e. The van der Waals surface area contributed by atoms with E-state index in [2.05, 4.69) is 18.3 Å². The average molecular weight is 210 g/mol. The molecule has 1 saturated heterocycles. The molecule has 14 heavy (non-hydrogen) atoms. The zero-order valence-corrected chi connectivity index (χ0v) is 8.77. The number of rotatable bonds is 0. The number of benzene rings is 1. The number of anilines is 1. The molecule has 74 valence electrons. The van der Waals surface area contributed by atoms with Crippen molar-refractivity contribution in [2.24, 2.45) is 0 Å². The van der Waals surface area contributed by atoms with E-state index in [0.29, 0.717) is 0 Å². The van der Waals surface area contributed by atoms with Crippen LogP contribution in [0.2, 0.25) is 5.02 Å². The van der Waals surface area contributed by atoms with Crippen molar-refractivity contribution in [1.82, 2.24) is 0 Å². The van der Waals surface area contributed by atoms with Gasteiger partial charge in [-0.25, -0.2) is 0 Å². The summed E-state index contributed by atoms with van der Waals surface area (Å²) in [5.74, 6) is 0. The van der Waals surface area contributed by atoms with Crippen LogP contribution in [0.25, 0.3) is 0 Å². The molecule has 2 nitrogen and oxygen atoms in total. The van der Waals surface area contributed by atoms with Crippen LogP contribution in [0, 0.1) is 0 Å². The number of halogens is 1. The first-order chi connectivity index (χ1) is 6.72. The van der Waals surface area contributed by atoms with Gasteiger partial charge in [-0.2, -0.15) is 0 Å². The average Bonchev–Trinajstić information content (AvgIpc) is 2.62. The number of hydrogen-bond donors (Lipinski definition) is 1. The van der Waals surface area contributed by atoms with E-state index >= 15 is 0 Å². The Kier molecular flexibility index (Phi) is 1.62. The van der Waals surface area contributed by atoms with Crippen LogP contribution in [0.3, 0.4) is 0 Å². The first-order valence-electron chi connectivity index (χ1n) is 4.89. The second-order valence-corrected chi connectivity index (χ2v) is 4.63. The van der Waals surface area contributed by atoms with Crippen LogP contribution in [0.1, 0.15) is 18.9 Å². The minimum absolute atomic E-state index is 0.109. The van der Waals surface area contributed by atoms with E-state index in [4.69, 9.17) is 16.3 Å². The van der Waals surface area contributed by atoms with Gasteiger partial charge in [-0.1, -0.05) is 30.7 Å². The Morgan fingerprint density at radius 3 is 3.29 bits per heavy atom. The lowest BCUT2D eigenvalue weighted by molar-refractivity contribution is 0.112. The summed E-state index contributed by atoms with van der Waals surface area (Å²) in [4.78, 5) is 0. The van der Waals surface area contributed by atoms with E-state index in [9.17, 15) is 0 Å². The highest BCUT2D eigenvalue weighted by molar-refractivity contribution is 6.33. The van der Waals surface area contributed by atoms with E-state index in [0.717, 1.165) is 23.7 Å². The number of ether oxygens (including phenoxy) is 1. The van der Waals surface area contributed by atoms with Gasteiger partial charge in [0.15, 0.2) is 0 Å². The molecule has 3 rings (SSSR count). The summed E-state index contributed by atoms with van der Waals surface area (Å²) in [5, 5.41) is 4.14. The summed E-state index contributed by atoms with van der Waals surface area (Å²) in [6.45, 7) is 3.07. The summed E-state index contributed by atoms with van der Waals surface area (Å²) in [6, 6.07) is 6.06. The maximum Gasteiger partial charge on any atom is 0.137 e. The van der Waals surface area contributed by atoms with Gasteiger partial charge in [0.05, 0.1) is 17.3 Å². The maximum atomic E-state index is 6.13. The molecule has 1 N–H and O–H groups in total. The van der Waals surface area contributed by atoms with Gasteiger partial charge < -0.3 is 10.1 Å². The van der Waals surface area contributed by atoms with Gasteiger partial charge in [-0.3, -0.25) is 0 Å². The molecule has 1 aromatic rings. The molecule has 2 unspecified atom stereocenters. The lowest BCUT2D eigenvalue weighted by Crippen LogP contribution is -2.31. The third-order valence-electron chi connectivity index (χ3n) is 3.39. The van der Waals surface area contributed by atoms with Gasteiger partial charge in [-0.05, 0) is 18.1 Å². The topological polar surface area (TPSA) is 21.3 Å². The van der Waals surface area contributed by atoms with Crippen molar-refractivity contribution in [1.29, 1.82) is 0 Å². The number of hydrogen-bond acceptors (Lipinski definition) is 2. The van der Waals surface area contributed by atoms with Crippen LogP contribution in [0.5, 0.6) is 0 Å². The molecule has 0 saturated carbocycles. The summed E-state index contributed by atoms with van der Waals surface area (Å²) in [7, 11) is 0. The molecule has 0 amide bonds. The monoisotopic (exact) mass is 209 g/mol. The van der Waals surface area contributed by atoms with Gasteiger partial charge in [-0.15, -0.1) is 0 Å². The fourth-order valence-corrected chi connectivity index (χ4v) is 2.69. The molecule has 0 aromatic heterocycles. The van der Waals surface area contributed by atoms with Crippen molar-refractivity contribution < 1.29 is 4.74 Å². The Morgan fingerprint density at radius 2 is 2.43 bits per heavy atom. The highest BCUT2D eigenvalue weighted by atomic mass is 35.5. The Balaban J connectivity index is 2.20. The summed E-state index contributed by atoms with van der Waals surface area (Å²) in [6.07, 6.45) is 1.18. The molecule has 2 aliphatic heterocycles. The quantitative estimate of drug-likeness (QED) is 0.710. The molecule has 3 heteroatoms. The molecular weight excluding hydrogens is 198 g/mol. The zero-order valence-electron chi connectivity index (χ0n) is 8.01. The standard InChI is InChI=1S/C11H12ClNO/c1-11-5-6-14-10(11)13-9-7(11)3-2-4-8(9)12/h2-4,10,13H,5-6H2,1H3. The van der Waals surface area contributed by atoms with Gasteiger partial charge in [0.2, 0.25) is 0 Å². The molecule has 2 aliphatic rings. The summed E-state index contributed by atoms with van der Waals surface area (Å²) in [5.41, 5.74) is 2.47. The number of nitrogens with one attached hydrogen (secondary N) is 1. The Morgan fingerprint density at radius 1 is 1.57 bits per heavy atom. The van der Waals surface area contributed by atoms with Gasteiger partial charge in [0, 0.05) is 5.41 Å². The third-order valence-corrected chi connectivity index (χ3v) is 3.70. The molecule has 2 heterocycles. The largest absolute Gasteiger partial charge is 0.358 e. The molecule has 2 atom stereocenters. The number of para-hydroxylation sites is 1. The molecular formula is C11H12ClNO. The molecule has 1 aromatic carbocycles. The van der Waals surface area contributed by atoms with Crippen LogP contribution >= 0.6 is 11.6 Å². The maximum absolute atomic E-state index is 6.13. The minimum atomic E-state index is 0.109. The predicted octanol–water partition coefficient (Wildman–Crippen LogP) is 2.77. The lowest BCUT2D eigenvalue weighted by atomic mass is 9.82. The molecule has 0 radical (unpaired) electrons. The fourth-order valence-electron chi connectivity index (χ4n) is 2.46. The molecule has 0 spiro atoms. The zero-order chi connectivity index (χ0) is 9.76. The fraction of sp³-hybridized carbons (Fsp3) is 0.455. The van der Waals surface area contributed by atoms with Gasteiger partial charge in [0.25, 0.3) is 0 Å². The van der Waals surface area contributed by atoms with E-state index in [1.165, 1.54) is 5.56 Å². The highest BCUT2D eigenvalue weighted by Crippen LogP contribution is 2.49. The number of fused-ring (bicyclic) bond motifs is 3. The first kappa shape index (κ1) is 8.57. The van der Waals surface area contributed by atoms with Crippen LogP contribution < -0.4 is 5.32 Å². The first-order valence-corrected chi connectivity index (χ1v) is 5.27. The van der Waals surface area contributed by atoms with E-state index in [1.54, 1.807) is 0 Å². The SMILES string of the molecule is CC12CCOC1Nc1c(Cl)cccc12. The highest BCUT2D eigenvalue weighted by Gasteiger charge is 2.48. The Bertz CT molecular complexity index is 393. The molecule has 0 bridgehead atoms. The van der Waals surface area contributed by atoms with Gasteiger partial charge in [0.1, 0.15) is 6.23 Å². The molecule has 0 aliphatic carbocycles. The van der Waals surface area contributed by atoms with Crippen LogP contribution in [0.15, 0.2) is 18.2 Å². The summed E-state index contributed by atoms with van der Waals surface area (Å²) < 4.78 is 5.65. The van der Waals surface area contributed by atoms with Crippen LogP contribution in [-0.2, 0) is 10.2 Å². The van der Waals surface area contributed by atoms with Crippen molar-refractivity contribution in [2.75, 3.05) is 11.9 Å². The van der Waals surface area contributed by atoms with E-state index < -0.39 is 0 Å². The van der Waals surface area contributed by atoms with Crippen molar-refractivity contribution in [3.8, 4) is 0 Å². The lowest BCUT2D eigenvalue weighted by Gasteiger charge is -2.21. The van der Waals surface area contributed by atoms with Crippen molar-refractivity contribution >= 4 is 17.3 Å².